The maximum Gasteiger partial charge on any atom is 0.158 e. The maximum absolute atomic E-state index is 5.47. The van der Waals surface area contributed by atoms with Gasteiger partial charge in [-0.1, -0.05) is 6.07 Å². The number of ether oxygens (including phenoxy) is 2. The molecule has 1 aromatic heterocycles. The monoisotopic (exact) mass is 299 g/mol. The van der Waals surface area contributed by atoms with Crippen molar-refractivity contribution in [3.8, 4) is 5.69 Å². The van der Waals surface area contributed by atoms with Crippen molar-refractivity contribution in [1.82, 2.24) is 14.8 Å². The van der Waals surface area contributed by atoms with Crippen molar-refractivity contribution in [3.63, 3.8) is 0 Å². The second kappa shape index (κ2) is 5.82. The van der Waals surface area contributed by atoms with Crippen LogP contribution < -0.4 is 0 Å². The molecular formula is C17H21N3O2. The van der Waals surface area contributed by atoms with E-state index in [0.29, 0.717) is 12.5 Å². The molecule has 22 heavy (non-hydrogen) atoms. The van der Waals surface area contributed by atoms with Gasteiger partial charge in [-0.25, -0.2) is 9.67 Å². The molecule has 1 aliphatic heterocycles. The highest BCUT2D eigenvalue weighted by atomic mass is 16.5. The summed E-state index contributed by atoms with van der Waals surface area (Å²) in [5.41, 5.74) is 4.01. The molecule has 1 aliphatic carbocycles. The van der Waals surface area contributed by atoms with Crippen molar-refractivity contribution in [1.29, 1.82) is 0 Å². The molecule has 0 N–H and O–H groups in total. The van der Waals surface area contributed by atoms with Crippen molar-refractivity contribution >= 4 is 0 Å². The quantitative estimate of drug-likeness (QED) is 0.870. The zero-order valence-corrected chi connectivity index (χ0v) is 12.9. The first-order chi connectivity index (χ1) is 10.8. The minimum absolute atomic E-state index is 0.311. The highest BCUT2D eigenvalue weighted by Gasteiger charge is 2.24. The molecule has 0 saturated carbocycles. The number of aromatic nitrogens is 3. The molecule has 1 fully saturated rings. The SMILES string of the molecule is COCc1nc([C@@H]2CCOC2)nn1-c1ccc2c(c1)CCC2. The first-order valence-electron chi connectivity index (χ1n) is 8.00. The van der Waals surface area contributed by atoms with Crippen LogP contribution in [0.4, 0.5) is 0 Å². The summed E-state index contributed by atoms with van der Waals surface area (Å²) in [6.45, 7) is 2.00. The summed E-state index contributed by atoms with van der Waals surface area (Å²) in [6.07, 6.45) is 4.62. The number of fused-ring (bicyclic) bond motifs is 1. The van der Waals surface area contributed by atoms with Gasteiger partial charge in [0.2, 0.25) is 0 Å². The zero-order chi connectivity index (χ0) is 14.9. The molecule has 5 heteroatoms. The Hall–Kier alpha value is -1.72. The van der Waals surface area contributed by atoms with E-state index in [4.69, 9.17) is 19.6 Å². The van der Waals surface area contributed by atoms with E-state index in [1.165, 1.54) is 30.4 Å². The summed E-state index contributed by atoms with van der Waals surface area (Å²) in [7, 11) is 1.69. The Morgan fingerprint density at radius 2 is 2.23 bits per heavy atom. The van der Waals surface area contributed by atoms with Crippen molar-refractivity contribution in [2.45, 2.75) is 38.2 Å². The topological polar surface area (TPSA) is 49.2 Å². The van der Waals surface area contributed by atoms with Gasteiger partial charge in [0, 0.05) is 19.6 Å². The Morgan fingerprint density at radius 3 is 3.05 bits per heavy atom. The molecule has 2 aromatic rings. The molecule has 2 heterocycles. The van der Waals surface area contributed by atoms with Gasteiger partial charge in [0.05, 0.1) is 12.3 Å². The predicted molar refractivity (Wildman–Crippen MR) is 82.3 cm³/mol. The number of nitrogens with zero attached hydrogens (tertiary/aromatic N) is 3. The molecule has 1 aromatic carbocycles. The second-order valence-corrected chi connectivity index (χ2v) is 6.10. The minimum atomic E-state index is 0.311. The number of methoxy groups -OCH3 is 1. The van der Waals surface area contributed by atoms with Gasteiger partial charge in [-0.15, -0.1) is 0 Å². The third kappa shape index (κ3) is 2.44. The van der Waals surface area contributed by atoms with E-state index < -0.39 is 0 Å². The average molecular weight is 299 g/mol. The maximum atomic E-state index is 5.47. The largest absolute Gasteiger partial charge is 0.381 e. The number of hydrogen-bond acceptors (Lipinski definition) is 4. The Kier molecular flexibility index (Phi) is 3.68. The highest BCUT2D eigenvalue weighted by Crippen LogP contribution is 2.27. The summed E-state index contributed by atoms with van der Waals surface area (Å²) >= 11 is 0. The fraction of sp³-hybridized carbons (Fsp3) is 0.529. The third-order valence-corrected chi connectivity index (χ3v) is 4.59. The van der Waals surface area contributed by atoms with Crippen LogP contribution >= 0.6 is 0 Å². The first-order valence-corrected chi connectivity index (χ1v) is 8.00. The van der Waals surface area contributed by atoms with Crippen molar-refractivity contribution in [3.05, 3.63) is 41.0 Å². The van der Waals surface area contributed by atoms with Crippen LogP contribution in [0.5, 0.6) is 0 Å². The standard InChI is InChI=1S/C17H21N3O2/c1-21-11-16-18-17(14-7-8-22-10-14)19-20(16)15-6-5-12-3-2-4-13(12)9-15/h5-6,9,14H,2-4,7-8,10-11H2,1H3/t14-/m1/s1. The van der Waals surface area contributed by atoms with Crippen LogP contribution in [-0.2, 0) is 28.9 Å². The molecule has 0 spiro atoms. The van der Waals surface area contributed by atoms with E-state index in [1.54, 1.807) is 7.11 Å². The lowest BCUT2D eigenvalue weighted by Gasteiger charge is -2.07. The lowest BCUT2D eigenvalue weighted by Crippen LogP contribution is -2.05. The van der Waals surface area contributed by atoms with E-state index in [0.717, 1.165) is 37.0 Å². The zero-order valence-electron chi connectivity index (χ0n) is 12.9. The van der Waals surface area contributed by atoms with Gasteiger partial charge in [-0.3, -0.25) is 0 Å². The van der Waals surface area contributed by atoms with Gasteiger partial charge in [-0.05, 0) is 48.9 Å². The Morgan fingerprint density at radius 1 is 1.32 bits per heavy atom. The second-order valence-electron chi connectivity index (χ2n) is 6.10. The lowest BCUT2D eigenvalue weighted by molar-refractivity contribution is 0.175. The van der Waals surface area contributed by atoms with E-state index in [-0.39, 0.29) is 0 Å². The summed E-state index contributed by atoms with van der Waals surface area (Å²) in [6, 6.07) is 6.63. The summed E-state index contributed by atoms with van der Waals surface area (Å²) in [5.74, 6) is 2.05. The fourth-order valence-corrected chi connectivity index (χ4v) is 3.39. The van der Waals surface area contributed by atoms with E-state index in [2.05, 4.69) is 18.2 Å². The molecule has 5 nitrogen and oxygen atoms in total. The third-order valence-electron chi connectivity index (χ3n) is 4.59. The number of hydrogen-bond donors (Lipinski definition) is 0. The van der Waals surface area contributed by atoms with E-state index in [1.807, 2.05) is 4.68 Å². The molecule has 4 rings (SSSR count). The van der Waals surface area contributed by atoms with Gasteiger partial charge >= 0.3 is 0 Å². The summed E-state index contributed by atoms with van der Waals surface area (Å²) in [4.78, 5) is 4.70. The Labute approximate surface area is 130 Å². The Bertz CT molecular complexity index is 675. The summed E-state index contributed by atoms with van der Waals surface area (Å²) in [5, 5.41) is 4.75. The normalized spacial score (nSPS) is 20.5. The van der Waals surface area contributed by atoms with Gasteiger partial charge < -0.3 is 9.47 Å². The van der Waals surface area contributed by atoms with Crippen LogP contribution in [0.3, 0.4) is 0 Å². The van der Waals surface area contributed by atoms with Crippen LogP contribution in [-0.4, -0.2) is 35.1 Å². The summed E-state index contributed by atoms with van der Waals surface area (Å²) < 4.78 is 12.7. The van der Waals surface area contributed by atoms with Gasteiger partial charge in [0.25, 0.3) is 0 Å². The van der Waals surface area contributed by atoms with E-state index >= 15 is 0 Å². The average Bonchev–Trinajstić information content (AvgIpc) is 3.27. The van der Waals surface area contributed by atoms with Crippen LogP contribution in [0.25, 0.3) is 5.69 Å². The van der Waals surface area contributed by atoms with Crippen LogP contribution in [0.2, 0.25) is 0 Å². The van der Waals surface area contributed by atoms with Crippen molar-refractivity contribution in [2.75, 3.05) is 20.3 Å². The number of rotatable bonds is 4. The van der Waals surface area contributed by atoms with Crippen molar-refractivity contribution < 1.29 is 9.47 Å². The first kappa shape index (κ1) is 13.9. The van der Waals surface area contributed by atoms with E-state index in [9.17, 15) is 0 Å². The molecule has 116 valence electrons. The minimum Gasteiger partial charge on any atom is -0.381 e. The van der Waals surface area contributed by atoms with Gasteiger partial charge in [-0.2, -0.15) is 5.10 Å². The highest BCUT2D eigenvalue weighted by molar-refractivity contribution is 5.42. The molecule has 2 aliphatic rings. The Balaban J connectivity index is 1.72. The molecule has 0 amide bonds. The smallest absolute Gasteiger partial charge is 0.158 e. The molecule has 1 atom stereocenters. The fourth-order valence-electron chi connectivity index (χ4n) is 3.39. The van der Waals surface area contributed by atoms with Gasteiger partial charge in [0.1, 0.15) is 6.61 Å². The molecule has 1 saturated heterocycles. The molecule has 0 radical (unpaired) electrons. The van der Waals surface area contributed by atoms with Crippen LogP contribution in [0.1, 0.15) is 41.5 Å². The number of aryl methyl sites for hydroxylation is 2. The van der Waals surface area contributed by atoms with Gasteiger partial charge in [0.15, 0.2) is 11.6 Å². The molecule has 0 unspecified atom stereocenters. The van der Waals surface area contributed by atoms with Crippen molar-refractivity contribution in [2.24, 2.45) is 0 Å². The molecule has 0 bridgehead atoms. The van der Waals surface area contributed by atoms with Crippen LogP contribution in [0, 0.1) is 0 Å². The predicted octanol–water partition coefficient (Wildman–Crippen LogP) is 2.41. The number of benzene rings is 1. The lowest BCUT2D eigenvalue weighted by atomic mass is 10.1. The molecular weight excluding hydrogens is 278 g/mol. The van der Waals surface area contributed by atoms with Crippen LogP contribution in [0.15, 0.2) is 18.2 Å².